The van der Waals surface area contributed by atoms with Crippen LogP contribution in [0.4, 0.5) is 0 Å². The van der Waals surface area contributed by atoms with Gasteiger partial charge in [0, 0.05) is 6.54 Å². The van der Waals surface area contributed by atoms with Crippen molar-refractivity contribution in [3.8, 4) is 0 Å². The molecule has 0 saturated carbocycles. The molecule has 0 aliphatic rings. The number of unbranched alkanes of at least 4 members (excludes halogenated alkanes) is 2. The highest BCUT2D eigenvalue weighted by molar-refractivity contribution is 7.98. The van der Waals surface area contributed by atoms with Crippen LogP contribution in [0.3, 0.4) is 0 Å². The van der Waals surface area contributed by atoms with E-state index in [-0.39, 0.29) is 4.90 Å². The lowest BCUT2D eigenvalue weighted by atomic mass is 10.2. The van der Waals surface area contributed by atoms with Gasteiger partial charge in [0.25, 0.3) is 0 Å². The van der Waals surface area contributed by atoms with Crippen molar-refractivity contribution in [3.63, 3.8) is 0 Å². The van der Waals surface area contributed by atoms with E-state index >= 15 is 0 Å². The van der Waals surface area contributed by atoms with Gasteiger partial charge in [-0.15, -0.1) is 0 Å². The molecule has 0 unspecified atom stereocenters. The van der Waals surface area contributed by atoms with E-state index in [4.69, 9.17) is 0 Å². The van der Waals surface area contributed by atoms with Crippen molar-refractivity contribution < 1.29 is 8.42 Å². The quantitative estimate of drug-likeness (QED) is 0.707. The Morgan fingerprint density at radius 2 is 2.18 bits per heavy atom. The molecule has 1 aromatic rings. The van der Waals surface area contributed by atoms with E-state index in [1.807, 2.05) is 11.8 Å². The first kappa shape index (κ1) is 14.5. The van der Waals surface area contributed by atoms with Crippen molar-refractivity contribution in [2.24, 2.45) is 0 Å². The maximum absolute atomic E-state index is 11.8. The Morgan fingerprint density at radius 3 is 2.76 bits per heavy atom. The molecule has 0 aliphatic carbocycles. The van der Waals surface area contributed by atoms with Gasteiger partial charge < -0.3 is 0 Å². The zero-order chi connectivity index (χ0) is 12.7. The number of H-pyrrole nitrogens is 1. The van der Waals surface area contributed by atoms with Crippen LogP contribution >= 0.6 is 11.8 Å². The molecule has 0 aliphatic heterocycles. The molecule has 0 amide bonds. The number of aryl methyl sites for hydroxylation is 1. The molecule has 0 saturated heterocycles. The fraction of sp³-hybridized carbons (Fsp3) is 0.700. The van der Waals surface area contributed by atoms with Crippen LogP contribution in [0.1, 0.15) is 25.0 Å². The van der Waals surface area contributed by atoms with Crippen molar-refractivity contribution >= 4 is 21.8 Å². The highest BCUT2D eigenvalue weighted by atomic mass is 32.2. The summed E-state index contributed by atoms with van der Waals surface area (Å²) >= 11 is 1.81. The Bertz CT molecular complexity index is 429. The van der Waals surface area contributed by atoms with E-state index in [9.17, 15) is 8.42 Å². The first-order valence-corrected chi connectivity index (χ1v) is 8.44. The third-order valence-electron chi connectivity index (χ3n) is 2.39. The summed E-state index contributed by atoms with van der Waals surface area (Å²) in [6.07, 6.45) is 6.47. The Labute approximate surface area is 107 Å². The molecular weight excluding hydrogens is 258 g/mol. The van der Waals surface area contributed by atoms with Crippen molar-refractivity contribution in [3.05, 3.63) is 11.9 Å². The standard InChI is InChI=1S/C10H19N3O2S2/c1-9-10(8-11-13-9)17(14,15)12-6-4-3-5-7-16-2/h8,12H,3-7H2,1-2H3,(H,11,13). The van der Waals surface area contributed by atoms with Gasteiger partial charge in [0.2, 0.25) is 10.0 Å². The lowest BCUT2D eigenvalue weighted by Crippen LogP contribution is -2.25. The molecule has 0 aromatic carbocycles. The molecular formula is C10H19N3O2S2. The van der Waals surface area contributed by atoms with Crippen molar-refractivity contribution in [2.75, 3.05) is 18.6 Å². The molecule has 0 bridgehead atoms. The van der Waals surface area contributed by atoms with Crippen molar-refractivity contribution in [2.45, 2.75) is 31.1 Å². The van der Waals surface area contributed by atoms with Gasteiger partial charge in [-0.05, 0) is 31.8 Å². The Balaban J connectivity index is 2.34. The second kappa shape index (κ2) is 7.03. The second-order valence-corrected chi connectivity index (χ2v) is 6.53. The average Bonchev–Trinajstić information content (AvgIpc) is 2.70. The summed E-state index contributed by atoms with van der Waals surface area (Å²) in [5, 5.41) is 6.33. The fourth-order valence-corrected chi connectivity index (χ4v) is 3.14. The number of aromatic amines is 1. The number of rotatable bonds is 8. The van der Waals surface area contributed by atoms with E-state index in [1.165, 1.54) is 6.20 Å². The molecule has 0 atom stereocenters. The Hall–Kier alpha value is -0.530. The van der Waals surface area contributed by atoms with Crippen LogP contribution in [-0.4, -0.2) is 37.2 Å². The summed E-state index contributed by atoms with van der Waals surface area (Å²) in [6, 6.07) is 0. The van der Waals surface area contributed by atoms with E-state index in [2.05, 4.69) is 21.2 Å². The van der Waals surface area contributed by atoms with Crippen molar-refractivity contribution in [1.29, 1.82) is 0 Å². The molecule has 98 valence electrons. The van der Waals surface area contributed by atoms with Crippen LogP contribution in [0.25, 0.3) is 0 Å². The van der Waals surface area contributed by atoms with Crippen molar-refractivity contribution in [1.82, 2.24) is 14.9 Å². The third kappa shape index (κ3) is 4.69. The van der Waals surface area contributed by atoms with Gasteiger partial charge in [-0.1, -0.05) is 6.42 Å². The molecule has 17 heavy (non-hydrogen) atoms. The van der Waals surface area contributed by atoms with Crippen LogP contribution < -0.4 is 4.72 Å². The number of nitrogens with zero attached hydrogens (tertiary/aromatic N) is 1. The van der Waals surface area contributed by atoms with E-state index in [0.717, 1.165) is 25.0 Å². The van der Waals surface area contributed by atoms with Crippen LogP contribution in [0, 0.1) is 6.92 Å². The fourth-order valence-electron chi connectivity index (χ4n) is 1.44. The first-order valence-electron chi connectivity index (χ1n) is 5.56. The molecule has 1 rings (SSSR count). The van der Waals surface area contributed by atoms with Gasteiger partial charge >= 0.3 is 0 Å². The topological polar surface area (TPSA) is 74.8 Å². The van der Waals surface area contributed by atoms with E-state index < -0.39 is 10.0 Å². The molecule has 0 radical (unpaired) electrons. The third-order valence-corrected chi connectivity index (χ3v) is 4.66. The maximum Gasteiger partial charge on any atom is 0.243 e. The van der Waals surface area contributed by atoms with Crippen LogP contribution in [0.5, 0.6) is 0 Å². The predicted octanol–water partition coefficient (Wildman–Crippen LogP) is 1.53. The lowest BCUT2D eigenvalue weighted by Gasteiger charge is -2.05. The minimum atomic E-state index is -3.39. The number of hydrogen-bond donors (Lipinski definition) is 2. The normalized spacial score (nSPS) is 11.9. The van der Waals surface area contributed by atoms with Gasteiger partial charge in [-0.2, -0.15) is 16.9 Å². The summed E-state index contributed by atoms with van der Waals surface area (Å²) in [6.45, 7) is 2.18. The second-order valence-electron chi connectivity index (χ2n) is 3.81. The van der Waals surface area contributed by atoms with Gasteiger partial charge in [0.15, 0.2) is 0 Å². The van der Waals surface area contributed by atoms with Gasteiger partial charge in [0.1, 0.15) is 4.90 Å². The summed E-state index contributed by atoms with van der Waals surface area (Å²) in [5.41, 5.74) is 0.569. The van der Waals surface area contributed by atoms with Crippen LogP contribution in [-0.2, 0) is 10.0 Å². The van der Waals surface area contributed by atoms with Gasteiger partial charge in [-0.25, -0.2) is 13.1 Å². The smallest absolute Gasteiger partial charge is 0.243 e. The lowest BCUT2D eigenvalue weighted by molar-refractivity contribution is 0.575. The minimum absolute atomic E-state index is 0.238. The predicted molar refractivity (Wildman–Crippen MR) is 70.7 cm³/mol. The Kier molecular flexibility index (Phi) is 6.01. The largest absolute Gasteiger partial charge is 0.281 e. The van der Waals surface area contributed by atoms with Crippen LogP contribution in [0.2, 0.25) is 0 Å². The monoisotopic (exact) mass is 277 g/mol. The molecule has 7 heteroatoms. The summed E-state index contributed by atoms with van der Waals surface area (Å²) in [5.74, 6) is 1.13. The SMILES string of the molecule is CSCCCCCNS(=O)(=O)c1cn[nH]c1C. The summed E-state index contributed by atoms with van der Waals surface area (Å²) in [7, 11) is -3.39. The molecule has 0 fully saturated rings. The molecule has 0 spiro atoms. The highest BCUT2D eigenvalue weighted by Gasteiger charge is 2.17. The molecule has 2 N–H and O–H groups in total. The van der Waals surface area contributed by atoms with Crippen LogP contribution in [0.15, 0.2) is 11.1 Å². The zero-order valence-corrected chi connectivity index (χ0v) is 11.8. The van der Waals surface area contributed by atoms with Gasteiger partial charge in [-0.3, -0.25) is 5.10 Å². The van der Waals surface area contributed by atoms with E-state index in [1.54, 1.807) is 6.92 Å². The maximum atomic E-state index is 11.8. The first-order chi connectivity index (χ1) is 8.08. The zero-order valence-electron chi connectivity index (χ0n) is 10.2. The van der Waals surface area contributed by atoms with Gasteiger partial charge in [0.05, 0.1) is 11.9 Å². The molecule has 1 heterocycles. The summed E-state index contributed by atoms with van der Waals surface area (Å²) in [4.78, 5) is 0.238. The Morgan fingerprint density at radius 1 is 1.41 bits per heavy atom. The number of nitrogens with one attached hydrogen (secondary N) is 2. The average molecular weight is 277 g/mol. The summed E-state index contributed by atoms with van der Waals surface area (Å²) < 4.78 is 26.2. The molecule has 1 aromatic heterocycles. The minimum Gasteiger partial charge on any atom is -0.281 e. The number of sulfonamides is 1. The number of thioether (sulfide) groups is 1. The molecule has 5 nitrogen and oxygen atoms in total. The number of aromatic nitrogens is 2. The van der Waals surface area contributed by atoms with E-state index in [0.29, 0.717) is 12.2 Å². The number of hydrogen-bond acceptors (Lipinski definition) is 4. The highest BCUT2D eigenvalue weighted by Crippen LogP contribution is 2.10.